The summed E-state index contributed by atoms with van der Waals surface area (Å²) >= 11 is 0. The highest BCUT2D eigenvalue weighted by molar-refractivity contribution is 6.35. The van der Waals surface area contributed by atoms with E-state index in [1.807, 2.05) is 6.08 Å². The lowest BCUT2D eigenvalue weighted by Gasteiger charge is -2.12. The molecule has 0 saturated carbocycles. The molecule has 146 valence electrons. The lowest BCUT2D eigenvalue weighted by atomic mass is 9.92. The van der Waals surface area contributed by atoms with E-state index in [9.17, 15) is 14.7 Å². The largest absolute Gasteiger partial charge is 0.478 e. The number of hydrogen-bond donors (Lipinski definition) is 4. The van der Waals surface area contributed by atoms with Gasteiger partial charge in [0, 0.05) is 22.6 Å². The van der Waals surface area contributed by atoms with Gasteiger partial charge in [0.1, 0.15) is 0 Å². The SMILES string of the molecule is NCCCCc1c(C=C2C(=O)Nc3ccc(C(=O)O)cc32)[nH]c2c1CCCC2. The fourth-order valence-electron chi connectivity index (χ4n) is 4.24. The van der Waals surface area contributed by atoms with Crippen LogP contribution in [0.15, 0.2) is 18.2 Å². The summed E-state index contributed by atoms with van der Waals surface area (Å²) in [5, 5.41) is 12.1. The van der Waals surface area contributed by atoms with Crippen LogP contribution in [0, 0.1) is 0 Å². The minimum Gasteiger partial charge on any atom is -0.478 e. The molecule has 1 amide bonds. The van der Waals surface area contributed by atoms with Crippen molar-refractivity contribution in [3.8, 4) is 0 Å². The van der Waals surface area contributed by atoms with Crippen molar-refractivity contribution in [1.29, 1.82) is 0 Å². The third-order valence-electron chi connectivity index (χ3n) is 5.66. The van der Waals surface area contributed by atoms with Gasteiger partial charge in [-0.3, -0.25) is 4.79 Å². The maximum atomic E-state index is 12.6. The van der Waals surface area contributed by atoms with Gasteiger partial charge in [0.25, 0.3) is 5.91 Å². The van der Waals surface area contributed by atoms with Crippen molar-refractivity contribution in [3.63, 3.8) is 0 Å². The Morgan fingerprint density at radius 1 is 1.21 bits per heavy atom. The molecule has 0 saturated heterocycles. The predicted octanol–water partition coefficient (Wildman–Crippen LogP) is 3.37. The number of benzene rings is 1. The molecule has 5 N–H and O–H groups in total. The van der Waals surface area contributed by atoms with E-state index in [2.05, 4.69) is 10.3 Å². The predicted molar refractivity (Wildman–Crippen MR) is 109 cm³/mol. The average molecular weight is 379 g/mol. The third-order valence-corrected chi connectivity index (χ3v) is 5.66. The van der Waals surface area contributed by atoms with E-state index < -0.39 is 5.97 Å². The van der Waals surface area contributed by atoms with E-state index in [1.54, 1.807) is 12.1 Å². The van der Waals surface area contributed by atoms with Crippen LogP contribution in [0.4, 0.5) is 5.69 Å². The summed E-state index contributed by atoms with van der Waals surface area (Å²) < 4.78 is 0. The zero-order chi connectivity index (χ0) is 19.7. The maximum absolute atomic E-state index is 12.6. The van der Waals surface area contributed by atoms with Crippen molar-refractivity contribution in [2.45, 2.75) is 44.9 Å². The van der Waals surface area contributed by atoms with Crippen molar-refractivity contribution < 1.29 is 14.7 Å². The number of amides is 1. The summed E-state index contributed by atoms with van der Waals surface area (Å²) in [6, 6.07) is 4.73. The number of rotatable bonds is 6. The number of carboxylic acid groups (broad SMARTS) is 1. The molecule has 0 radical (unpaired) electrons. The minimum absolute atomic E-state index is 0.176. The molecule has 1 aliphatic heterocycles. The molecule has 0 spiro atoms. The van der Waals surface area contributed by atoms with Gasteiger partial charge in [0.15, 0.2) is 0 Å². The number of carbonyl (C=O) groups is 2. The van der Waals surface area contributed by atoms with E-state index in [4.69, 9.17) is 5.73 Å². The van der Waals surface area contributed by atoms with E-state index in [-0.39, 0.29) is 11.5 Å². The molecule has 0 unspecified atom stereocenters. The zero-order valence-corrected chi connectivity index (χ0v) is 15.8. The Morgan fingerprint density at radius 2 is 2.04 bits per heavy atom. The summed E-state index contributed by atoms with van der Waals surface area (Å²) in [7, 11) is 0. The molecular weight excluding hydrogens is 354 g/mol. The van der Waals surface area contributed by atoms with Crippen molar-refractivity contribution in [2.24, 2.45) is 5.73 Å². The smallest absolute Gasteiger partial charge is 0.335 e. The molecule has 1 aromatic heterocycles. The summed E-state index contributed by atoms with van der Waals surface area (Å²) in [6.07, 6.45) is 9.29. The first-order valence-corrected chi connectivity index (χ1v) is 9.92. The molecule has 2 aromatic rings. The van der Waals surface area contributed by atoms with E-state index in [0.29, 0.717) is 23.4 Å². The van der Waals surface area contributed by atoms with Crippen molar-refractivity contribution in [3.05, 3.63) is 51.8 Å². The van der Waals surface area contributed by atoms with Gasteiger partial charge in [-0.15, -0.1) is 0 Å². The van der Waals surface area contributed by atoms with E-state index >= 15 is 0 Å². The van der Waals surface area contributed by atoms with Crippen LogP contribution in [0.3, 0.4) is 0 Å². The second-order valence-electron chi connectivity index (χ2n) is 7.50. The first kappa shape index (κ1) is 18.5. The fourth-order valence-corrected chi connectivity index (χ4v) is 4.24. The highest BCUT2D eigenvalue weighted by Crippen LogP contribution is 2.36. The molecule has 1 aliphatic carbocycles. The highest BCUT2D eigenvalue weighted by atomic mass is 16.4. The number of anilines is 1. The van der Waals surface area contributed by atoms with Crippen LogP contribution in [0.5, 0.6) is 0 Å². The second-order valence-corrected chi connectivity index (χ2v) is 7.50. The number of aromatic amines is 1. The molecule has 6 nitrogen and oxygen atoms in total. The molecular formula is C22H25N3O3. The summed E-state index contributed by atoms with van der Waals surface area (Å²) in [4.78, 5) is 27.5. The molecule has 2 heterocycles. The number of unbranched alkanes of at least 4 members (excludes halogenated alkanes) is 1. The van der Waals surface area contributed by atoms with Gasteiger partial charge in [0.05, 0.1) is 11.1 Å². The number of carboxylic acids is 1. The lowest BCUT2D eigenvalue weighted by molar-refractivity contribution is -0.110. The number of nitrogens with two attached hydrogens (primary N) is 1. The summed E-state index contributed by atoms with van der Waals surface area (Å²) in [5.41, 5.74) is 12.6. The van der Waals surface area contributed by atoms with E-state index in [0.717, 1.165) is 37.8 Å². The van der Waals surface area contributed by atoms with Crippen molar-refractivity contribution in [1.82, 2.24) is 4.98 Å². The minimum atomic E-state index is -1.00. The van der Waals surface area contributed by atoms with E-state index in [1.165, 1.54) is 35.7 Å². The topological polar surface area (TPSA) is 108 Å². The second kappa shape index (κ2) is 7.64. The van der Waals surface area contributed by atoms with Gasteiger partial charge in [-0.05, 0) is 86.9 Å². The number of aromatic nitrogens is 1. The molecule has 4 rings (SSSR count). The normalized spacial score (nSPS) is 16.8. The quantitative estimate of drug-likeness (QED) is 0.456. The van der Waals surface area contributed by atoms with Crippen LogP contribution in [0.25, 0.3) is 11.6 Å². The maximum Gasteiger partial charge on any atom is 0.335 e. The Kier molecular flexibility index (Phi) is 5.05. The van der Waals surface area contributed by atoms with Gasteiger partial charge in [-0.25, -0.2) is 4.79 Å². The average Bonchev–Trinajstić information content (AvgIpc) is 3.19. The van der Waals surface area contributed by atoms with Crippen molar-refractivity contribution in [2.75, 3.05) is 11.9 Å². The molecule has 28 heavy (non-hydrogen) atoms. The first-order valence-electron chi connectivity index (χ1n) is 9.92. The Hall–Kier alpha value is -2.86. The van der Waals surface area contributed by atoms with Crippen LogP contribution >= 0.6 is 0 Å². The molecule has 0 fully saturated rings. The molecule has 2 aliphatic rings. The van der Waals surface area contributed by atoms with Gasteiger partial charge in [-0.1, -0.05) is 0 Å². The number of hydrogen-bond acceptors (Lipinski definition) is 3. The Balaban J connectivity index is 1.77. The Bertz CT molecular complexity index is 972. The zero-order valence-electron chi connectivity index (χ0n) is 15.8. The lowest BCUT2D eigenvalue weighted by Crippen LogP contribution is -2.04. The van der Waals surface area contributed by atoms with Gasteiger partial charge in [-0.2, -0.15) is 0 Å². The number of nitrogens with one attached hydrogen (secondary N) is 2. The van der Waals surface area contributed by atoms with Crippen LogP contribution in [0.2, 0.25) is 0 Å². The van der Waals surface area contributed by atoms with Crippen LogP contribution < -0.4 is 11.1 Å². The number of H-pyrrole nitrogens is 1. The summed E-state index contributed by atoms with van der Waals surface area (Å²) in [6.45, 7) is 0.677. The Labute approximate surface area is 163 Å². The van der Waals surface area contributed by atoms with Gasteiger partial charge < -0.3 is 21.1 Å². The fraction of sp³-hybridized carbons (Fsp3) is 0.364. The first-order chi connectivity index (χ1) is 13.6. The van der Waals surface area contributed by atoms with Gasteiger partial charge in [0.2, 0.25) is 0 Å². The van der Waals surface area contributed by atoms with Crippen LogP contribution in [-0.4, -0.2) is 28.5 Å². The standard InChI is InChI=1S/C22H25N3O3/c23-10-4-3-6-15-14-5-1-2-7-18(14)24-20(15)12-17-16-11-13(22(27)28)8-9-19(16)25-21(17)26/h8-9,11-12,24H,1-7,10,23H2,(H,25,26)(H,27,28). The van der Waals surface area contributed by atoms with Crippen LogP contribution in [-0.2, 0) is 24.1 Å². The summed E-state index contributed by atoms with van der Waals surface area (Å²) in [5.74, 6) is -1.20. The monoisotopic (exact) mass is 379 g/mol. The number of fused-ring (bicyclic) bond motifs is 2. The molecule has 0 atom stereocenters. The molecule has 0 bridgehead atoms. The van der Waals surface area contributed by atoms with Crippen molar-refractivity contribution >= 4 is 29.2 Å². The third kappa shape index (κ3) is 3.36. The molecule has 1 aromatic carbocycles. The van der Waals surface area contributed by atoms with Crippen LogP contribution in [0.1, 0.15) is 64.1 Å². The molecule has 6 heteroatoms. The van der Waals surface area contributed by atoms with Gasteiger partial charge >= 0.3 is 5.97 Å². The number of carbonyl (C=O) groups excluding carboxylic acids is 1. The number of aryl methyl sites for hydroxylation is 1. The number of aromatic carboxylic acids is 1. The Morgan fingerprint density at radius 3 is 2.82 bits per heavy atom. The highest BCUT2D eigenvalue weighted by Gasteiger charge is 2.27.